The second-order valence-corrected chi connectivity index (χ2v) is 5.43. The molecule has 0 unspecified atom stereocenters. The van der Waals surface area contributed by atoms with Crippen molar-refractivity contribution in [3.8, 4) is 11.1 Å². The zero-order valence-corrected chi connectivity index (χ0v) is 12.1. The van der Waals surface area contributed by atoms with Crippen molar-refractivity contribution in [2.24, 2.45) is 0 Å². The lowest BCUT2D eigenvalue weighted by Gasteiger charge is -2.04. The number of aromatic nitrogens is 1. The lowest BCUT2D eigenvalue weighted by Crippen LogP contribution is -1.92. The molecule has 3 rings (SSSR count). The molecule has 0 fully saturated rings. The van der Waals surface area contributed by atoms with Crippen LogP contribution in [0.1, 0.15) is 21.6 Å². The third-order valence-electron chi connectivity index (χ3n) is 3.55. The van der Waals surface area contributed by atoms with Crippen LogP contribution in [-0.4, -0.2) is 10.7 Å². The Morgan fingerprint density at radius 2 is 1.90 bits per heavy atom. The SMILES string of the molecule is Cc1ccn2c(C=O)c(-c3ccc(Cl)c(C)c3)cc2c1. The van der Waals surface area contributed by atoms with Crippen LogP contribution in [0, 0.1) is 13.8 Å². The van der Waals surface area contributed by atoms with Crippen molar-refractivity contribution < 1.29 is 4.79 Å². The van der Waals surface area contributed by atoms with Gasteiger partial charge in [0.2, 0.25) is 0 Å². The molecular weight excluding hydrogens is 270 g/mol. The highest BCUT2D eigenvalue weighted by Crippen LogP contribution is 2.29. The van der Waals surface area contributed by atoms with Gasteiger partial charge in [-0.3, -0.25) is 4.79 Å². The van der Waals surface area contributed by atoms with Gasteiger partial charge in [0.25, 0.3) is 0 Å². The number of aryl methyl sites for hydroxylation is 2. The summed E-state index contributed by atoms with van der Waals surface area (Å²) < 4.78 is 1.92. The number of benzene rings is 1. The second kappa shape index (κ2) is 4.80. The molecule has 0 atom stereocenters. The first-order valence-corrected chi connectivity index (χ1v) is 6.81. The summed E-state index contributed by atoms with van der Waals surface area (Å²) >= 11 is 6.07. The minimum Gasteiger partial charge on any atom is -0.314 e. The number of carbonyl (C=O) groups excluding carboxylic acids is 1. The van der Waals surface area contributed by atoms with Crippen LogP contribution in [0.5, 0.6) is 0 Å². The van der Waals surface area contributed by atoms with Crippen LogP contribution in [0.25, 0.3) is 16.6 Å². The second-order valence-electron chi connectivity index (χ2n) is 5.02. The Morgan fingerprint density at radius 3 is 2.60 bits per heavy atom. The normalized spacial score (nSPS) is 10.9. The van der Waals surface area contributed by atoms with Gasteiger partial charge in [-0.1, -0.05) is 17.7 Å². The number of carbonyl (C=O) groups is 1. The van der Waals surface area contributed by atoms with E-state index in [1.165, 1.54) is 5.56 Å². The molecule has 0 amide bonds. The van der Waals surface area contributed by atoms with E-state index in [2.05, 4.69) is 6.07 Å². The number of halogens is 1. The van der Waals surface area contributed by atoms with Gasteiger partial charge in [-0.25, -0.2) is 0 Å². The largest absolute Gasteiger partial charge is 0.314 e. The maximum atomic E-state index is 11.5. The van der Waals surface area contributed by atoms with Crippen molar-refractivity contribution in [2.75, 3.05) is 0 Å². The summed E-state index contributed by atoms with van der Waals surface area (Å²) in [6, 6.07) is 11.9. The Hall–Kier alpha value is -2.06. The van der Waals surface area contributed by atoms with Gasteiger partial charge in [0.05, 0.1) is 5.69 Å². The van der Waals surface area contributed by atoms with E-state index in [4.69, 9.17) is 11.6 Å². The van der Waals surface area contributed by atoms with Crippen molar-refractivity contribution in [1.82, 2.24) is 4.40 Å². The standard InChI is InChI=1S/C17H14ClNO/c1-11-5-6-19-14(7-11)9-15(17(19)10-20)13-3-4-16(18)12(2)8-13/h3-10H,1-2H3. The zero-order valence-electron chi connectivity index (χ0n) is 11.4. The molecular formula is C17H14ClNO. The van der Waals surface area contributed by atoms with Crippen LogP contribution < -0.4 is 0 Å². The van der Waals surface area contributed by atoms with Gasteiger partial charge >= 0.3 is 0 Å². The van der Waals surface area contributed by atoms with E-state index in [1.54, 1.807) is 0 Å². The van der Waals surface area contributed by atoms with Crippen LogP contribution in [-0.2, 0) is 0 Å². The molecule has 0 radical (unpaired) electrons. The number of fused-ring (bicyclic) bond motifs is 1. The van der Waals surface area contributed by atoms with Crippen LogP contribution in [0.15, 0.2) is 42.6 Å². The third kappa shape index (κ3) is 2.02. The molecule has 2 heterocycles. The van der Waals surface area contributed by atoms with E-state index < -0.39 is 0 Å². The number of rotatable bonds is 2. The minimum absolute atomic E-state index is 0.668. The molecule has 2 aromatic heterocycles. The third-order valence-corrected chi connectivity index (χ3v) is 3.97. The molecule has 0 aliphatic heterocycles. The Balaban J connectivity index is 2.29. The van der Waals surface area contributed by atoms with E-state index in [0.717, 1.165) is 33.5 Å². The Bertz CT molecular complexity index is 817. The van der Waals surface area contributed by atoms with Crippen molar-refractivity contribution in [2.45, 2.75) is 13.8 Å². The summed E-state index contributed by atoms with van der Waals surface area (Å²) in [5.74, 6) is 0. The van der Waals surface area contributed by atoms with Gasteiger partial charge in [-0.2, -0.15) is 0 Å². The highest BCUT2D eigenvalue weighted by molar-refractivity contribution is 6.31. The van der Waals surface area contributed by atoms with Gasteiger partial charge in [-0.15, -0.1) is 0 Å². The number of hydrogen-bond acceptors (Lipinski definition) is 1. The first-order valence-electron chi connectivity index (χ1n) is 6.43. The molecule has 2 nitrogen and oxygen atoms in total. The molecule has 0 N–H and O–H groups in total. The summed E-state index contributed by atoms with van der Waals surface area (Å²) in [5.41, 5.74) is 5.82. The van der Waals surface area contributed by atoms with Crippen molar-refractivity contribution >= 4 is 23.4 Å². The van der Waals surface area contributed by atoms with Crippen LogP contribution >= 0.6 is 11.6 Å². The van der Waals surface area contributed by atoms with Crippen molar-refractivity contribution in [3.05, 3.63) is 64.4 Å². The molecule has 0 saturated heterocycles. The van der Waals surface area contributed by atoms with E-state index in [9.17, 15) is 4.79 Å². The molecule has 20 heavy (non-hydrogen) atoms. The molecule has 0 saturated carbocycles. The predicted molar refractivity (Wildman–Crippen MR) is 82.7 cm³/mol. The first kappa shape index (κ1) is 12.9. The number of pyridine rings is 1. The Kier molecular flexibility index (Phi) is 3.11. The molecule has 0 aliphatic carbocycles. The predicted octanol–water partition coefficient (Wildman–Crippen LogP) is 4.69. The van der Waals surface area contributed by atoms with Gasteiger partial charge in [-0.05, 0) is 60.9 Å². The van der Waals surface area contributed by atoms with E-state index in [0.29, 0.717) is 5.69 Å². The van der Waals surface area contributed by atoms with Crippen molar-refractivity contribution in [1.29, 1.82) is 0 Å². The number of aldehydes is 1. The van der Waals surface area contributed by atoms with E-state index in [1.807, 2.05) is 54.8 Å². The van der Waals surface area contributed by atoms with Gasteiger partial charge < -0.3 is 4.40 Å². The maximum absolute atomic E-state index is 11.5. The zero-order chi connectivity index (χ0) is 14.3. The molecule has 0 bridgehead atoms. The highest BCUT2D eigenvalue weighted by Gasteiger charge is 2.12. The lowest BCUT2D eigenvalue weighted by molar-refractivity contribution is 0.111. The first-order chi connectivity index (χ1) is 9.60. The van der Waals surface area contributed by atoms with Gasteiger partial charge in [0.15, 0.2) is 6.29 Å². The Labute approximate surface area is 122 Å². The topological polar surface area (TPSA) is 21.5 Å². The fourth-order valence-corrected chi connectivity index (χ4v) is 2.59. The van der Waals surface area contributed by atoms with Crippen LogP contribution in [0.4, 0.5) is 0 Å². The van der Waals surface area contributed by atoms with E-state index >= 15 is 0 Å². The molecule has 0 aliphatic rings. The fraction of sp³-hybridized carbons (Fsp3) is 0.118. The smallest absolute Gasteiger partial charge is 0.167 e. The van der Waals surface area contributed by atoms with Crippen molar-refractivity contribution in [3.63, 3.8) is 0 Å². The van der Waals surface area contributed by atoms with Crippen LogP contribution in [0.3, 0.4) is 0 Å². The monoisotopic (exact) mass is 283 g/mol. The molecule has 3 aromatic rings. The quantitative estimate of drug-likeness (QED) is 0.625. The highest BCUT2D eigenvalue weighted by atomic mass is 35.5. The number of hydrogen-bond donors (Lipinski definition) is 0. The van der Waals surface area contributed by atoms with E-state index in [-0.39, 0.29) is 0 Å². The fourth-order valence-electron chi connectivity index (χ4n) is 2.47. The molecule has 0 spiro atoms. The minimum atomic E-state index is 0.668. The summed E-state index contributed by atoms with van der Waals surface area (Å²) in [5, 5.41) is 0.737. The molecule has 1 aromatic carbocycles. The van der Waals surface area contributed by atoms with Gasteiger partial charge in [0, 0.05) is 22.3 Å². The average molecular weight is 284 g/mol. The average Bonchev–Trinajstić information content (AvgIpc) is 2.79. The lowest BCUT2D eigenvalue weighted by atomic mass is 10.0. The van der Waals surface area contributed by atoms with Gasteiger partial charge in [0.1, 0.15) is 0 Å². The maximum Gasteiger partial charge on any atom is 0.167 e. The summed E-state index contributed by atoms with van der Waals surface area (Å²) in [6.45, 7) is 4.01. The number of nitrogens with zero attached hydrogens (tertiary/aromatic N) is 1. The Morgan fingerprint density at radius 1 is 1.10 bits per heavy atom. The molecule has 3 heteroatoms. The summed E-state index contributed by atoms with van der Waals surface area (Å²) in [7, 11) is 0. The van der Waals surface area contributed by atoms with Crippen LogP contribution in [0.2, 0.25) is 5.02 Å². The molecule has 100 valence electrons. The summed E-state index contributed by atoms with van der Waals surface area (Å²) in [6.07, 6.45) is 2.84. The summed E-state index contributed by atoms with van der Waals surface area (Å²) in [4.78, 5) is 11.5.